The second kappa shape index (κ2) is 4.04. The fraction of sp³-hybridized carbons (Fsp3) is 0.462. The van der Waals surface area contributed by atoms with Crippen LogP contribution >= 0.6 is 0 Å². The van der Waals surface area contributed by atoms with E-state index >= 15 is 0 Å². The van der Waals surface area contributed by atoms with Crippen molar-refractivity contribution >= 4 is 0 Å². The minimum atomic E-state index is -0.653. The largest absolute Gasteiger partial charge is 0.313 e. The van der Waals surface area contributed by atoms with Gasteiger partial charge in [-0.25, -0.2) is 0 Å². The van der Waals surface area contributed by atoms with Crippen LogP contribution in [0.3, 0.4) is 0 Å². The second-order valence-corrected chi connectivity index (χ2v) is 4.36. The zero-order valence-electron chi connectivity index (χ0n) is 8.82. The van der Waals surface area contributed by atoms with Gasteiger partial charge in [0.1, 0.15) is 5.54 Å². The molecule has 0 radical (unpaired) electrons. The summed E-state index contributed by atoms with van der Waals surface area (Å²) in [4.78, 5) is 0. The van der Waals surface area contributed by atoms with Crippen molar-refractivity contribution in [2.75, 3.05) is 0 Å². The van der Waals surface area contributed by atoms with Crippen molar-refractivity contribution in [3.8, 4) is 6.07 Å². The van der Waals surface area contributed by atoms with Crippen molar-refractivity contribution < 1.29 is 0 Å². The van der Waals surface area contributed by atoms with E-state index in [2.05, 4.69) is 18.2 Å². The van der Waals surface area contributed by atoms with Gasteiger partial charge >= 0.3 is 0 Å². The topological polar surface area (TPSA) is 49.8 Å². The number of nitrogens with zero attached hydrogens (tertiary/aromatic N) is 1. The number of nitrogens with two attached hydrogens (primary N) is 1. The van der Waals surface area contributed by atoms with Gasteiger partial charge in [0.2, 0.25) is 0 Å². The Morgan fingerprint density at radius 1 is 1.27 bits per heavy atom. The number of rotatable bonds is 1. The Hall–Kier alpha value is -1.33. The van der Waals surface area contributed by atoms with E-state index in [0.717, 1.165) is 19.3 Å². The summed E-state index contributed by atoms with van der Waals surface area (Å²) < 4.78 is 0. The summed E-state index contributed by atoms with van der Waals surface area (Å²) in [6.45, 7) is 0. The molecule has 2 heteroatoms. The molecular formula is C13H16N2. The maximum atomic E-state index is 9.21. The number of benzene rings is 1. The predicted molar refractivity (Wildman–Crippen MR) is 60.2 cm³/mol. The first-order chi connectivity index (χ1) is 7.26. The molecule has 0 aromatic heterocycles. The lowest BCUT2D eigenvalue weighted by Gasteiger charge is -2.36. The third-order valence-electron chi connectivity index (χ3n) is 3.37. The maximum absolute atomic E-state index is 9.21. The standard InChI is InChI=1S/C13H16N2/c14-10-13(15)9-5-4-8-12(13)11-6-2-1-3-7-11/h1-3,6-7,12H,4-5,8-9,15H2. The molecule has 0 amide bonds. The fourth-order valence-corrected chi connectivity index (χ4v) is 2.48. The van der Waals surface area contributed by atoms with Gasteiger partial charge < -0.3 is 5.73 Å². The smallest absolute Gasteiger partial charge is 0.111 e. The van der Waals surface area contributed by atoms with Gasteiger partial charge in [0.25, 0.3) is 0 Å². The Balaban J connectivity index is 2.31. The summed E-state index contributed by atoms with van der Waals surface area (Å²) >= 11 is 0. The Morgan fingerprint density at radius 2 is 2.00 bits per heavy atom. The van der Waals surface area contributed by atoms with Crippen LogP contribution in [-0.2, 0) is 0 Å². The van der Waals surface area contributed by atoms with Crippen LogP contribution < -0.4 is 5.73 Å². The average molecular weight is 200 g/mol. The fourth-order valence-electron chi connectivity index (χ4n) is 2.48. The van der Waals surface area contributed by atoms with E-state index in [1.807, 2.05) is 18.2 Å². The van der Waals surface area contributed by atoms with Gasteiger partial charge in [-0.2, -0.15) is 5.26 Å². The van der Waals surface area contributed by atoms with Crippen molar-refractivity contribution in [3.63, 3.8) is 0 Å². The molecule has 0 saturated heterocycles. The Labute approximate surface area is 90.7 Å². The quantitative estimate of drug-likeness (QED) is 0.757. The lowest BCUT2D eigenvalue weighted by atomic mass is 9.71. The van der Waals surface area contributed by atoms with Crippen molar-refractivity contribution in [2.45, 2.75) is 37.1 Å². The predicted octanol–water partition coefficient (Wildman–Crippen LogP) is 2.57. The lowest BCUT2D eigenvalue weighted by molar-refractivity contribution is 0.315. The van der Waals surface area contributed by atoms with Gasteiger partial charge in [0.05, 0.1) is 6.07 Å². The summed E-state index contributed by atoms with van der Waals surface area (Å²) in [5.41, 5.74) is 6.73. The van der Waals surface area contributed by atoms with Crippen LogP contribution in [0.2, 0.25) is 0 Å². The number of nitriles is 1. The van der Waals surface area contributed by atoms with Crippen molar-refractivity contribution in [1.82, 2.24) is 0 Å². The van der Waals surface area contributed by atoms with Crippen molar-refractivity contribution in [2.24, 2.45) is 5.73 Å². The molecule has 1 aromatic carbocycles. The van der Waals surface area contributed by atoms with Crippen LogP contribution in [0.4, 0.5) is 0 Å². The first-order valence-corrected chi connectivity index (χ1v) is 5.51. The van der Waals surface area contributed by atoms with Crippen LogP contribution in [-0.4, -0.2) is 5.54 Å². The van der Waals surface area contributed by atoms with Gasteiger partial charge in [-0.05, 0) is 18.4 Å². The van der Waals surface area contributed by atoms with Crippen LogP contribution in [0.1, 0.15) is 37.2 Å². The van der Waals surface area contributed by atoms with Crippen LogP contribution in [0, 0.1) is 11.3 Å². The summed E-state index contributed by atoms with van der Waals surface area (Å²) in [5.74, 6) is 0.206. The monoisotopic (exact) mass is 200 g/mol. The first-order valence-electron chi connectivity index (χ1n) is 5.51. The third-order valence-corrected chi connectivity index (χ3v) is 3.37. The summed E-state index contributed by atoms with van der Waals surface area (Å²) in [7, 11) is 0. The molecule has 2 unspecified atom stereocenters. The highest BCUT2D eigenvalue weighted by molar-refractivity contribution is 5.29. The van der Waals surface area contributed by atoms with E-state index in [9.17, 15) is 5.26 Å². The van der Waals surface area contributed by atoms with Gasteiger partial charge in [-0.15, -0.1) is 0 Å². The van der Waals surface area contributed by atoms with E-state index in [4.69, 9.17) is 5.73 Å². The molecule has 0 spiro atoms. The van der Waals surface area contributed by atoms with Crippen LogP contribution in [0.5, 0.6) is 0 Å². The SMILES string of the molecule is N#CC1(N)CCCCC1c1ccccc1. The molecule has 78 valence electrons. The maximum Gasteiger partial charge on any atom is 0.111 e. The molecule has 1 aliphatic rings. The number of hydrogen-bond acceptors (Lipinski definition) is 2. The lowest BCUT2D eigenvalue weighted by Crippen LogP contribution is -2.46. The molecule has 0 bridgehead atoms. The van der Waals surface area contributed by atoms with Crippen molar-refractivity contribution in [1.29, 1.82) is 5.26 Å². The van der Waals surface area contributed by atoms with Crippen molar-refractivity contribution in [3.05, 3.63) is 35.9 Å². The molecule has 2 atom stereocenters. The normalized spacial score (nSPS) is 30.8. The van der Waals surface area contributed by atoms with Crippen LogP contribution in [0.15, 0.2) is 30.3 Å². The van der Waals surface area contributed by atoms with Gasteiger partial charge in [0.15, 0.2) is 0 Å². The van der Waals surface area contributed by atoms with Gasteiger partial charge in [-0.1, -0.05) is 43.2 Å². The van der Waals surface area contributed by atoms with E-state index in [1.165, 1.54) is 12.0 Å². The molecule has 1 fully saturated rings. The van der Waals surface area contributed by atoms with E-state index in [-0.39, 0.29) is 5.92 Å². The van der Waals surface area contributed by atoms with E-state index in [1.54, 1.807) is 0 Å². The average Bonchev–Trinajstić information content (AvgIpc) is 2.31. The summed E-state index contributed by atoms with van der Waals surface area (Å²) in [5, 5.41) is 9.21. The molecule has 0 aliphatic heterocycles. The molecule has 2 nitrogen and oxygen atoms in total. The Bertz CT molecular complexity index is 366. The Kier molecular flexibility index (Phi) is 2.75. The molecule has 15 heavy (non-hydrogen) atoms. The minimum absolute atomic E-state index is 0.206. The highest BCUT2D eigenvalue weighted by Crippen LogP contribution is 2.38. The highest BCUT2D eigenvalue weighted by Gasteiger charge is 2.38. The molecule has 1 aliphatic carbocycles. The Morgan fingerprint density at radius 3 is 2.67 bits per heavy atom. The minimum Gasteiger partial charge on any atom is -0.313 e. The van der Waals surface area contributed by atoms with E-state index < -0.39 is 5.54 Å². The summed E-state index contributed by atoms with van der Waals surface area (Å²) in [6.07, 6.45) is 4.12. The first kappa shape index (κ1) is 10.2. The summed E-state index contributed by atoms with van der Waals surface area (Å²) in [6, 6.07) is 12.5. The molecule has 2 N–H and O–H groups in total. The molecule has 1 aromatic rings. The molecular weight excluding hydrogens is 184 g/mol. The second-order valence-electron chi connectivity index (χ2n) is 4.36. The zero-order valence-corrected chi connectivity index (χ0v) is 8.82. The molecule has 1 saturated carbocycles. The van der Waals surface area contributed by atoms with Gasteiger partial charge in [0, 0.05) is 5.92 Å². The number of hydrogen-bond donors (Lipinski definition) is 1. The molecule has 2 rings (SSSR count). The highest BCUT2D eigenvalue weighted by atomic mass is 14.8. The molecule has 0 heterocycles. The zero-order chi connectivity index (χ0) is 10.7. The third kappa shape index (κ3) is 1.88. The van der Waals surface area contributed by atoms with E-state index in [0.29, 0.717) is 0 Å². The van der Waals surface area contributed by atoms with Gasteiger partial charge in [-0.3, -0.25) is 0 Å². The van der Waals surface area contributed by atoms with Crippen LogP contribution in [0.25, 0.3) is 0 Å².